The average Bonchev–Trinajstić information content (AvgIpc) is 1.57. The Morgan fingerprint density at radius 3 is 0.639 bits per heavy atom. The van der Waals surface area contributed by atoms with Gasteiger partial charge in [0.15, 0.2) is 0 Å². The fourth-order valence-electron chi connectivity index (χ4n) is 18.2. The Bertz CT molecular complexity index is 7500. The van der Waals surface area contributed by atoms with Crippen LogP contribution < -0.4 is 0 Å². The predicted octanol–water partition coefficient (Wildman–Crippen LogP) is 26.9. The minimum atomic E-state index is 1.10. The molecule has 23 rings (SSSR count). The Morgan fingerprint density at radius 2 is 0.315 bits per heavy atom. The van der Waals surface area contributed by atoms with Crippen molar-refractivity contribution >= 4 is 131 Å². The second kappa shape index (κ2) is 23.5. The highest BCUT2D eigenvalue weighted by atomic mass is 15.0. The molecule has 0 spiro atoms. The first-order valence-electron chi connectivity index (χ1n) is 37.2. The Kier molecular flexibility index (Phi) is 13.1. The van der Waals surface area contributed by atoms with Gasteiger partial charge in [0.2, 0.25) is 0 Å². The van der Waals surface area contributed by atoms with E-state index in [9.17, 15) is 0 Å². The van der Waals surface area contributed by atoms with Crippen LogP contribution in [0.2, 0.25) is 0 Å². The number of nitrogens with zero attached hydrogens (tertiary/aromatic N) is 6. The summed E-state index contributed by atoms with van der Waals surface area (Å²) < 4.78 is 14.8. The maximum atomic E-state index is 2.49. The van der Waals surface area contributed by atoms with Gasteiger partial charge < -0.3 is 27.4 Å². The van der Waals surface area contributed by atoms with E-state index in [4.69, 9.17) is 0 Å². The highest BCUT2D eigenvalue weighted by Crippen LogP contribution is 2.45. The molecule has 0 atom stereocenters. The maximum Gasteiger partial charge on any atom is 0.0542 e. The lowest BCUT2D eigenvalue weighted by atomic mass is 9.98. The SMILES string of the molecule is c1ccc(-c2cccc(-n3c4ccc(-n5c6ccccc6c6ccccc65)cc4c4cc(-n5c6ccccc6c6cc(-c7ccc8c(c7)c7ccccc7n8-c7ccc8c(c7)c7cc(-n9c%10ccccc%10c%10ccccc%109)ccc7n8-c7cc(-c8ccccc8)cc(-c8ccccc8)c7)ccc65)ccc43)c2)cc1. The first-order chi connectivity index (χ1) is 53.6. The number of rotatable bonds is 10. The summed E-state index contributed by atoms with van der Waals surface area (Å²) in [7, 11) is 0. The lowest BCUT2D eigenvalue weighted by Gasteiger charge is -2.15. The average molecular weight is 1370 g/mol. The van der Waals surface area contributed by atoms with Gasteiger partial charge in [0.25, 0.3) is 0 Å². The van der Waals surface area contributed by atoms with Crippen molar-refractivity contribution in [1.29, 1.82) is 0 Å². The molecule has 0 saturated carbocycles. The molecule has 0 aliphatic heterocycles. The van der Waals surface area contributed by atoms with E-state index >= 15 is 0 Å². The molecule has 0 bridgehead atoms. The zero-order chi connectivity index (χ0) is 70.7. The molecule has 23 aromatic rings. The van der Waals surface area contributed by atoms with Crippen LogP contribution in [-0.2, 0) is 0 Å². The molecule has 0 amide bonds. The standard InChI is InChI=1S/C102H64N6/c1-4-23-65(24-5-1)68-29-22-30-73(56-68)103-99-51-45-74(104-91-37-16-10-31-79(91)80-32-11-17-38-92(80)104)61-87(99)88-63-76(46-52-100(88)103)106-95-41-20-14-35-83(95)85-59-69(43-49-97(85)106)70-44-50-98-86(60-70)84-36-15-21-42-96(84)107(98)77-48-54-102-90(64-77)89-62-75(105-93-39-18-12-33-81(93)82-34-13-19-40-94(82)105)47-53-101(89)108(102)78-57-71(66-25-6-2-7-26-66)55-72(58-78)67-27-8-3-9-28-67/h1-64H. The molecule has 17 aromatic carbocycles. The first-order valence-corrected chi connectivity index (χ1v) is 37.2. The summed E-state index contributed by atoms with van der Waals surface area (Å²) in [6.07, 6.45) is 0. The van der Waals surface area contributed by atoms with E-state index in [0.29, 0.717) is 0 Å². The summed E-state index contributed by atoms with van der Waals surface area (Å²) in [6.45, 7) is 0. The number of fused-ring (bicyclic) bond motifs is 18. The van der Waals surface area contributed by atoms with Crippen LogP contribution in [0.1, 0.15) is 0 Å². The third-order valence-electron chi connectivity index (χ3n) is 22.9. The quantitative estimate of drug-likeness (QED) is 0.131. The van der Waals surface area contributed by atoms with Gasteiger partial charge in [0.05, 0.1) is 66.2 Å². The van der Waals surface area contributed by atoms with Crippen molar-refractivity contribution in [2.45, 2.75) is 0 Å². The molecule has 6 nitrogen and oxygen atoms in total. The van der Waals surface area contributed by atoms with Crippen LogP contribution in [0.15, 0.2) is 388 Å². The predicted molar refractivity (Wildman–Crippen MR) is 454 cm³/mol. The van der Waals surface area contributed by atoms with Crippen LogP contribution in [0, 0.1) is 0 Å². The minimum Gasteiger partial charge on any atom is -0.309 e. The molecule has 108 heavy (non-hydrogen) atoms. The van der Waals surface area contributed by atoms with Crippen molar-refractivity contribution in [1.82, 2.24) is 27.4 Å². The Labute approximate surface area is 621 Å². The van der Waals surface area contributed by atoms with Gasteiger partial charge in [-0.2, -0.15) is 0 Å². The van der Waals surface area contributed by atoms with Crippen molar-refractivity contribution in [3.05, 3.63) is 388 Å². The van der Waals surface area contributed by atoms with E-state index in [1.807, 2.05) is 0 Å². The molecule has 6 aromatic heterocycles. The number of benzene rings is 17. The molecule has 502 valence electrons. The fourth-order valence-corrected chi connectivity index (χ4v) is 18.2. The fraction of sp³-hybridized carbons (Fsp3) is 0. The van der Waals surface area contributed by atoms with E-state index in [1.165, 1.54) is 120 Å². The molecule has 0 N–H and O–H groups in total. The lowest BCUT2D eigenvalue weighted by molar-refractivity contribution is 1.16. The minimum absolute atomic E-state index is 1.10. The van der Waals surface area contributed by atoms with E-state index in [2.05, 4.69) is 416 Å². The van der Waals surface area contributed by atoms with Crippen LogP contribution in [0.3, 0.4) is 0 Å². The molecule has 0 fully saturated rings. The summed E-state index contributed by atoms with van der Waals surface area (Å²) in [5.41, 5.74) is 30.0. The molecule has 0 aliphatic carbocycles. The van der Waals surface area contributed by atoms with Crippen molar-refractivity contribution in [2.75, 3.05) is 0 Å². The third kappa shape index (κ3) is 9.08. The van der Waals surface area contributed by atoms with Crippen LogP contribution in [0.5, 0.6) is 0 Å². The van der Waals surface area contributed by atoms with E-state index in [1.54, 1.807) is 0 Å². The van der Waals surface area contributed by atoms with Crippen molar-refractivity contribution < 1.29 is 0 Å². The van der Waals surface area contributed by atoms with Crippen molar-refractivity contribution in [3.63, 3.8) is 0 Å². The van der Waals surface area contributed by atoms with Gasteiger partial charge in [-0.3, -0.25) is 0 Å². The normalized spacial score (nSPS) is 12.1. The highest BCUT2D eigenvalue weighted by Gasteiger charge is 2.24. The van der Waals surface area contributed by atoms with Gasteiger partial charge in [0, 0.05) is 98.8 Å². The number of hydrogen-bond acceptors (Lipinski definition) is 0. The zero-order valence-corrected chi connectivity index (χ0v) is 58.6. The largest absolute Gasteiger partial charge is 0.309 e. The molecule has 0 radical (unpaired) electrons. The van der Waals surface area contributed by atoms with Gasteiger partial charge in [-0.25, -0.2) is 0 Å². The van der Waals surface area contributed by atoms with Gasteiger partial charge in [-0.15, -0.1) is 0 Å². The molecule has 0 aliphatic rings. The summed E-state index contributed by atoms with van der Waals surface area (Å²) in [6, 6.07) is 144. The van der Waals surface area contributed by atoms with Gasteiger partial charge >= 0.3 is 0 Å². The van der Waals surface area contributed by atoms with Crippen LogP contribution in [-0.4, -0.2) is 27.4 Å². The van der Waals surface area contributed by atoms with E-state index in [-0.39, 0.29) is 0 Å². The van der Waals surface area contributed by atoms with Gasteiger partial charge in [0.1, 0.15) is 0 Å². The van der Waals surface area contributed by atoms with Crippen molar-refractivity contribution in [2.24, 2.45) is 0 Å². The maximum absolute atomic E-state index is 2.49. The van der Waals surface area contributed by atoms with Crippen LogP contribution in [0.4, 0.5) is 0 Å². The number of hydrogen-bond donors (Lipinski definition) is 0. The van der Waals surface area contributed by atoms with E-state index < -0.39 is 0 Å². The molecule has 6 heteroatoms. The molecule has 0 unspecified atom stereocenters. The second-order valence-electron chi connectivity index (χ2n) is 28.8. The van der Waals surface area contributed by atoms with Gasteiger partial charge in [-0.05, 0) is 208 Å². The van der Waals surface area contributed by atoms with Crippen LogP contribution >= 0.6 is 0 Å². The molecular formula is C102H64N6. The van der Waals surface area contributed by atoms with Crippen molar-refractivity contribution in [3.8, 4) is 78.6 Å². The Morgan fingerprint density at radius 1 is 0.102 bits per heavy atom. The third-order valence-corrected chi connectivity index (χ3v) is 22.9. The molecule has 0 saturated heterocycles. The molecule has 6 heterocycles. The van der Waals surface area contributed by atoms with E-state index in [0.717, 1.165) is 89.4 Å². The number of para-hydroxylation sites is 6. The summed E-state index contributed by atoms with van der Waals surface area (Å²) in [5, 5.41) is 14.5. The summed E-state index contributed by atoms with van der Waals surface area (Å²) in [4.78, 5) is 0. The van der Waals surface area contributed by atoms with Gasteiger partial charge in [-0.1, -0.05) is 224 Å². The highest BCUT2D eigenvalue weighted by molar-refractivity contribution is 6.18. The lowest BCUT2D eigenvalue weighted by Crippen LogP contribution is -1.97. The van der Waals surface area contributed by atoms with Crippen LogP contribution in [0.25, 0.3) is 209 Å². The summed E-state index contributed by atoms with van der Waals surface area (Å²) in [5.74, 6) is 0. The Balaban J connectivity index is 0.678. The summed E-state index contributed by atoms with van der Waals surface area (Å²) >= 11 is 0. The number of aromatic nitrogens is 6. The Hall–Kier alpha value is -14.5. The molecular weight excluding hydrogens is 1310 g/mol. The smallest absolute Gasteiger partial charge is 0.0542 e. The topological polar surface area (TPSA) is 29.6 Å². The second-order valence-corrected chi connectivity index (χ2v) is 28.8. The monoisotopic (exact) mass is 1370 g/mol. The zero-order valence-electron chi connectivity index (χ0n) is 58.6. The first kappa shape index (κ1) is 60.0.